The van der Waals surface area contributed by atoms with Crippen molar-refractivity contribution in [1.82, 2.24) is 24.6 Å². The Hall–Kier alpha value is -3.16. The van der Waals surface area contributed by atoms with Crippen LogP contribution in [0.5, 0.6) is 0 Å². The van der Waals surface area contributed by atoms with Gasteiger partial charge in [0.2, 0.25) is 11.7 Å². The smallest absolute Gasteiger partial charge is 0.324 e. The molecule has 0 radical (unpaired) electrons. The summed E-state index contributed by atoms with van der Waals surface area (Å²) < 4.78 is 7.29. The van der Waals surface area contributed by atoms with Crippen LogP contribution in [0.3, 0.4) is 0 Å². The SMILES string of the molecule is CCc1nc(-c2ncn3c2CN(C(=O)N2CCCCC2)c2ccccc2-3)no1. The second kappa shape index (κ2) is 6.78. The number of rotatable bonds is 2. The first-order chi connectivity index (χ1) is 13.8. The van der Waals surface area contributed by atoms with Crippen LogP contribution in [0, 0.1) is 0 Å². The zero-order valence-electron chi connectivity index (χ0n) is 15.8. The number of amides is 2. The lowest BCUT2D eigenvalue weighted by Crippen LogP contribution is -2.46. The van der Waals surface area contributed by atoms with Crippen molar-refractivity contribution in [3.8, 4) is 17.2 Å². The summed E-state index contributed by atoms with van der Waals surface area (Å²) in [5, 5.41) is 4.08. The summed E-state index contributed by atoms with van der Waals surface area (Å²) >= 11 is 0. The summed E-state index contributed by atoms with van der Waals surface area (Å²) in [6.45, 7) is 4.02. The molecule has 28 heavy (non-hydrogen) atoms. The summed E-state index contributed by atoms with van der Waals surface area (Å²) in [4.78, 5) is 26.1. The van der Waals surface area contributed by atoms with Crippen molar-refractivity contribution in [3.05, 3.63) is 42.2 Å². The minimum Gasteiger partial charge on any atom is -0.339 e. The van der Waals surface area contributed by atoms with Crippen molar-refractivity contribution in [1.29, 1.82) is 0 Å². The highest BCUT2D eigenvalue weighted by Crippen LogP contribution is 2.36. The summed E-state index contributed by atoms with van der Waals surface area (Å²) in [5.74, 6) is 1.05. The molecule has 144 valence electrons. The molecule has 5 rings (SSSR count). The third-order valence-corrected chi connectivity index (χ3v) is 5.45. The van der Waals surface area contributed by atoms with E-state index in [-0.39, 0.29) is 6.03 Å². The van der Waals surface area contributed by atoms with Crippen molar-refractivity contribution >= 4 is 11.7 Å². The normalized spacial score (nSPS) is 16.0. The molecule has 0 N–H and O–H groups in total. The van der Waals surface area contributed by atoms with Gasteiger partial charge in [0.15, 0.2) is 0 Å². The standard InChI is InChI=1S/C20H22N6O2/c1-2-17-22-19(23-28-17)18-16-12-25(20(27)24-10-6-3-7-11-24)14-8-4-5-9-15(14)26(16)13-21-18/h4-5,8-9,13H,2-3,6-7,10-12H2,1H3. The number of carbonyl (C=O) groups excluding carboxylic acids is 1. The Morgan fingerprint density at radius 1 is 1.14 bits per heavy atom. The highest BCUT2D eigenvalue weighted by atomic mass is 16.5. The summed E-state index contributed by atoms with van der Waals surface area (Å²) in [7, 11) is 0. The lowest BCUT2D eigenvalue weighted by molar-refractivity contribution is 0.192. The quantitative estimate of drug-likeness (QED) is 0.683. The first-order valence-corrected chi connectivity index (χ1v) is 9.81. The van der Waals surface area contributed by atoms with Gasteiger partial charge in [0.1, 0.15) is 12.0 Å². The summed E-state index contributed by atoms with van der Waals surface area (Å²) in [5.41, 5.74) is 3.39. The van der Waals surface area contributed by atoms with Crippen molar-refractivity contribution in [2.75, 3.05) is 18.0 Å². The molecule has 0 saturated carbocycles. The Morgan fingerprint density at radius 2 is 1.93 bits per heavy atom. The van der Waals surface area contributed by atoms with Crippen LogP contribution in [0.25, 0.3) is 17.2 Å². The molecule has 0 bridgehead atoms. The average Bonchev–Trinajstić information content (AvgIpc) is 3.40. The number of piperidine rings is 1. The summed E-state index contributed by atoms with van der Waals surface area (Å²) in [6, 6.07) is 7.98. The van der Waals surface area contributed by atoms with E-state index in [1.54, 1.807) is 6.33 Å². The molecule has 0 spiro atoms. The largest absolute Gasteiger partial charge is 0.339 e. The molecule has 8 nitrogen and oxygen atoms in total. The Balaban J connectivity index is 1.57. The molecule has 1 saturated heterocycles. The minimum absolute atomic E-state index is 0.0490. The number of imidazole rings is 1. The van der Waals surface area contributed by atoms with Crippen LogP contribution in [0.4, 0.5) is 10.5 Å². The van der Waals surface area contributed by atoms with Crippen LogP contribution in [0.1, 0.15) is 37.8 Å². The van der Waals surface area contributed by atoms with E-state index in [1.165, 1.54) is 6.42 Å². The predicted octanol–water partition coefficient (Wildman–Crippen LogP) is 3.41. The molecule has 4 heterocycles. The van der Waals surface area contributed by atoms with E-state index in [1.807, 2.05) is 45.6 Å². The number of benzene rings is 1. The van der Waals surface area contributed by atoms with Crippen LogP contribution in [0.15, 0.2) is 35.1 Å². The Morgan fingerprint density at radius 3 is 2.68 bits per heavy atom. The first kappa shape index (κ1) is 17.0. The fourth-order valence-corrected chi connectivity index (χ4v) is 3.97. The summed E-state index contributed by atoms with van der Waals surface area (Å²) in [6.07, 6.45) is 5.76. The van der Waals surface area contributed by atoms with Crippen LogP contribution in [-0.4, -0.2) is 43.7 Å². The van der Waals surface area contributed by atoms with E-state index in [0.29, 0.717) is 30.4 Å². The van der Waals surface area contributed by atoms with E-state index >= 15 is 0 Å². The third-order valence-electron chi connectivity index (χ3n) is 5.45. The highest BCUT2D eigenvalue weighted by Gasteiger charge is 2.33. The Bertz CT molecular complexity index is 1020. The van der Waals surface area contributed by atoms with Gasteiger partial charge in [0.05, 0.1) is 23.6 Å². The van der Waals surface area contributed by atoms with Gasteiger partial charge in [-0.25, -0.2) is 9.78 Å². The molecule has 1 aromatic carbocycles. The second-order valence-electron chi connectivity index (χ2n) is 7.18. The number of hydrogen-bond acceptors (Lipinski definition) is 5. The predicted molar refractivity (Wildman–Crippen MR) is 103 cm³/mol. The van der Waals surface area contributed by atoms with Crippen molar-refractivity contribution in [2.45, 2.75) is 39.2 Å². The van der Waals surface area contributed by atoms with Crippen molar-refractivity contribution in [3.63, 3.8) is 0 Å². The molecule has 2 aromatic heterocycles. The van der Waals surface area contributed by atoms with Crippen LogP contribution >= 0.6 is 0 Å². The van der Waals surface area contributed by atoms with E-state index in [2.05, 4.69) is 15.1 Å². The van der Waals surface area contributed by atoms with Gasteiger partial charge in [-0.15, -0.1) is 0 Å². The number of likely N-dealkylation sites (tertiary alicyclic amines) is 1. The molecule has 8 heteroatoms. The van der Waals surface area contributed by atoms with Crippen molar-refractivity contribution in [2.24, 2.45) is 0 Å². The van der Waals surface area contributed by atoms with E-state index in [0.717, 1.165) is 43.0 Å². The van der Waals surface area contributed by atoms with E-state index < -0.39 is 0 Å². The fourth-order valence-electron chi connectivity index (χ4n) is 3.97. The molecule has 1 fully saturated rings. The Kier molecular flexibility index (Phi) is 4.11. The van der Waals surface area contributed by atoms with Crippen LogP contribution < -0.4 is 4.90 Å². The number of nitrogens with zero attached hydrogens (tertiary/aromatic N) is 6. The Labute approximate surface area is 162 Å². The number of urea groups is 1. The average molecular weight is 378 g/mol. The number of aromatic nitrogens is 4. The molecule has 0 unspecified atom stereocenters. The maximum absolute atomic E-state index is 13.3. The molecule has 2 amide bonds. The van der Waals surface area contributed by atoms with E-state index in [9.17, 15) is 4.79 Å². The number of carbonyl (C=O) groups is 1. The third kappa shape index (κ3) is 2.67. The number of fused-ring (bicyclic) bond motifs is 3. The van der Waals surface area contributed by atoms with Gasteiger partial charge in [-0.2, -0.15) is 4.98 Å². The lowest BCUT2D eigenvalue weighted by Gasteiger charge is -2.36. The molecule has 2 aliphatic heterocycles. The van der Waals surface area contributed by atoms with Gasteiger partial charge in [-0.1, -0.05) is 24.2 Å². The second-order valence-corrected chi connectivity index (χ2v) is 7.18. The van der Waals surface area contributed by atoms with Crippen LogP contribution in [-0.2, 0) is 13.0 Å². The molecule has 0 aliphatic carbocycles. The van der Waals surface area contributed by atoms with Gasteiger partial charge in [-0.05, 0) is 31.4 Å². The van der Waals surface area contributed by atoms with Crippen molar-refractivity contribution < 1.29 is 9.32 Å². The molecule has 0 atom stereocenters. The van der Waals surface area contributed by atoms with E-state index in [4.69, 9.17) is 4.52 Å². The van der Waals surface area contributed by atoms with Gasteiger partial charge >= 0.3 is 6.03 Å². The van der Waals surface area contributed by atoms with Crippen LogP contribution in [0.2, 0.25) is 0 Å². The number of hydrogen-bond donors (Lipinski definition) is 0. The maximum atomic E-state index is 13.3. The van der Waals surface area contributed by atoms with Gasteiger partial charge in [0, 0.05) is 19.5 Å². The number of para-hydroxylation sites is 2. The zero-order chi connectivity index (χ0) is 19.1. The first-order valence-electron chi connectivity index (χ1n) is 9.81. The van der Waals surface area contributed by atoms with Gasteiger partial charge in [-0.3, -0.25) is 9.47 Å². The topological polar surface area (TPSA) is 80.3 Å². The highest BCUT2D eigenvalue weighted by molar-refractivity contribution is 5.95. The molecule has 2 aliphatic rings. The molecular weight excluding hydrogens is 356 g/mol. The van der Waals surface area contributed by atoms with Gasteiger partial charge in [0.25, 0.3) is 0 Å². The molecular formula is C20H22N6O2. The number of aryl methyl sites for hydroxylation is 1. The molecule has 3 aromatic rings. The fraction of sp³-hybridized carbons (Fsp3) is 0.400. The maximum Gasteiger partial charge on any atom is 0.324 e. The monoisotopic (exact) mass is 378 g/mol. The number of anilines is 1. The zero-order valence-corrected chi connectivity index (χ0v) is 15.8. The minimum atomic E-state index is 0.0490. The lowest BCUT2D eigenvalue weighted by atomic mass is 10.1. The van der Waals surface area contributed by atoms with Gasteiger partial charge < -0.3 is 9.42 Å².